The van der Waals surface area contributed by atoms with Crippen LogP contribution in [0.3, 0.4) is 0 Å². The molecule has 3 aliphatic rings. The number of Topliss-reactive ketones (excluding diaryl/α,β-unsaturated/α-hetero) is 1. The third-order valence-electron chi connectivity index (χ3n) is 8.47. The Hall–Kier alpha value is -2.29. The van der Waals surface area contributed by atoms with Gasteiger partial charge >= 0.3 is 5.97 Å². The molecule has 4 radical (unpaired) electrons. The predicted octanol–water partition coefficient (Wildman–Crippen LogP) is 4.88. The maximum Gasteiger partial charge on any atom is 0.305 e. The second kappa shape index (κ2) is 8.24. The second-order valence-electron chi connectivity index (χ2n) is 10.1. The second-order valence-corrected chi connectivity index (χ2v) is 10.1. The van der Waals surface area contributed by atoms with Crippen LogP contribution in [0.15, 0.2) is 48.5 Å². The molecule has 6 atom stereocenters. The lowest BCUT2D eigenvalue weighted by Crippen LogP contribution is -2.42. The summed E-state index contributed by atoms with van der Waals surface area (Å²) in [6.45, 7) is 2.20. The van der Waals surface area contributed by atoms with E-state index < -0.39 is 17.6 Å². The first-order chi connectivity index (χ1) is 15.4. The lowest BCUT2D eigenvalue weighted by molar-refractivity contribution is -0.134. The molecule has 2 aromatic rings. The Labute approximate surface area is 193 Å². The number of benzene rings is 2. The van der Waals surface area contributed by atoms with E-state index in [-0.39, 0.29) is 5.41 Å². The van der Waals surface area contributed by atoms with Crippen molar-refractivity contribution < 1.29 is 14.3 Å². The van der Waals surface area contributed by atoms with E-state index in [0.29, 0.717) is 29.3 Å². The minimum Gasteiger partial charge on any atom is -0.427 e. The van der Waals surface area contributed by atoms with Crippen LogP contribution >= 0.6 is 0 Å². The lowest BCUT2D eigenvalue weighted by atomic mass is 9.55. The van der Waals surface area contributed by atoms with Crippen molar-refractivity contribution in [1.29, 1.82) is 0 Å². The smallest absolute Gasteiger partial charge is 0.305 e. The highest BCUT2D eigenvalue weighted by Crippen LogP contribution is 2.59. The van der Waals surface area contributed by atoms with Crippen LogP contribution in [0.2, 0.25) is 5.82 Å². The number of ether oxygens (including phenoxy) is 1. The number of rotatable bonds is 4. The van der Waals surface area contributed by atoms with Crippen molar-refractivity contribution in [2.45, 2.75) is 63.0 Å². The van der Waals surface area contributed by atoms with Gasteiger partial charge < -0.3 is 4.74 Å². The molecule has 160 valence electrons. The summed E-state index contributed by atoms with van der Waals surface area (Å²) in [7, 11) is 12.3. The third kappa shape index (κ3) is 3.54. The average molecular weight is 422 g/mol. The Morgan fingerprint density at radius 2 is 1.84 bits per heavy atom. The third-order valence-corrected chi connectivity index (χ3v) is 8.47. The quantitative estimate of drug-likeness (QED) is 0.401. The molecule has 3 aliphatic carbocycles. The van der Waals surface area contributed by atoms with Crippen LogP contribution in [0.5, 0.6) is 5.75 Å². The fraction of sp³-hybridized carbons (Fsp3) is 0.481. The van der Waals surface area contributed by atoms with E-state index in [4.69, 9.17) is 20.4 Å². The van der Waals surface area contributed by atoms with Gasteiger partial charge in [-0.2, -0.15) is 0 Å². The van der Waals surface area contributed by atoms with Crippen LogP contribution in [0.4, 0.5) is 0 Å². The SMILES string of the molecule is [B]C(C(=O)Oc1ccc2c(c1)CC[C@@H]1[C@@H]2CC[C@]2(C)C(=O)CC[C@@H]12)C([B])c1ccccc1. The number of fused-ring (bicyclic) bond motifs is 5. The van der Waals surface area contributed by atoms with E-state index >= 15 is 0 Å². The molecule has 2 saturated carbocycles. The van der Waals surface area contributed by atoms with Crippen molar-refractivity contribution in [1.82, 2.24) is 0 Å². The summed E-state index contributed by atoms with van der Waals surface area (Å²) < 4.78 is 5.63. The van der Waals surface area contributed by atoms with Gasteiger partial charge in [-0.25, -0.2) is 0 Å². The highest BCUT2D eigenvalue weighted by molar-refractivity contribution is 6.29. The van der Waals surface area contributed by atoms with Crippen molar-refractivity contribution in [3.63, 3.8) is 0 Å². The van der Waals surface area contributed by atoms with Gasteiger partial charge in [-0.15, -0.1) is 0 Å². The highest BCUT2D eigenvalue weighted by Gasteiger charge is 2.54. The number of ketones is 1. The van der Waals surface area contributed by atoms with Gasteiger partial charge in [0, 0.05) is 17.7 Å². The highest BCUT2D eigenvalue weighted by atomic mass is 16.5. The number of hydrogen-bond acceptors (Lipinski definition) is 3. The Balaban J connectivity index is 1.30. The number of carbonyl (C=O) groups excluding carboxylic acids is 2. The monoisotopic (exact) mass is 422 g/mol. The van der Waals surface area contributed by atoms with Crippen molar-refractivity contribution in [2.75, 3.05) is 0 Å². The minimum absolute atomic E-state index is 0.109. The van der Waals surface area contributed by atoms with Crippen LogP contribution in [0.25, 0.3) is 0 Å². The summed E-state index contributed by atoms with van der Waals surface area (Å²) in [5, 5.41) is 0. The summed E-state index contributed by atoms with van der Waals surface area (Å²) in [6, 6.07) is 15.4. The largest absolute Gasteiger partial charge is 0.427 e. The van der Waals surface area contributed by atoms with Gasteiger partial charge in [-0.05, 0) is 78.9 Å². The zero-order valence-corrected chi connectivity index (χ0v) is 18.6. The Kier molecular flexibility index (Phi) is 5.55. The van der Waals surface area contributed by atoms with E-state index in [2.05, 4.69) is 13.0 Å². The molecular weight excluding hydrogens is 394 g/mol. The van der Waals surface area contributed by atoms with Crippen LogP contribution in [-0.4, -0.2) is 27.4 Å². The fourth-order valence-electron chi connectivity index (χ4n) is 6.61. The van der Waals surface area contributed by atoms with Gasteiger partial charge in [0.1, 0.15) is 11.5 Å². The average Bonchev–Trinajstić information content (AvgIpc) is 3.12. The topological polar surface area (TPSA) is 43.4 Å². The molecule has 32 heavy (non-hydrogen) atoms. The Bertz CT molecular complexity index is 1040. The van der Waals surface area contributed by atoms with Crippen molar-refractivity contribution in [3.05, 3.63) is 65.2 Å². The summed E-state index contributed by atoms with van der Waals surface area (Å²) in [5.74, 6) is 0.518. The van der Waals surface area contributed by atoms with E-state index in [1.807, 2.05) is 42.5 Å². The fourth-order valence-corrected chi connectivity index (χ4v) is 6.61. The van der Waals surface area contributed by atoms with E-state index in [1.54, 1.807) is 0 Å². The normalized spacial score (nSPS) is 30.5. The summed E-state index contributed by atoms with van der Waals surface area (Å²) in [4.78, 5) is 25.2. The van der Waals surface area contributed by atoms with Gasteiger partial charge in [0.25, 0.3) is 0 Å². The first kappa shape index (κ1) is 21.6. The van der Waals surface area contributed by atoms with Crippen molar-refractivity contribution in [2.24, 2.45) is 17.3 Å². The molecule has 2 unspecified atom stereocenters. The predicted molar refractivity (Wildman–Crippen MR) is 126 cm³/mol. The molecule has 0 spiro atoms. The van der Waals surface area contributed by atoms with E-state index in [9.17, 15) is 9.59 Å². The van der Waals surface area contributed by atoms with Crippen LogP contribution in [-0.2, 0) is 16.0 Å². The molecule has 5 heteroatoms. The molecule has 3 nitrogen and oxygen atoms in total. The molecule has 0 heterocycles. The molecule has 2 fully saturated rings. The van der Waals surface area contributed by atoms with Crippen molar-refractivity contribution >= 4 is 27.4 Å². The first-order valence-corrected chi connectivity index (χ1v) is 11.8. The lowest BCUT2D eigenvalue weighted by Gasteiger charge is -2.48. The summed E-state index contributed by atoms with van der Waals surface area (Å²) in [6.07, 6.45) is 5.89. The number of carbonyl (C=O) groups is 2. The molecule has 0 bridgehead atoms. The van der Waals surface area contributed by atoms with Crippen LogP contribution in [0.1, 0.15) is 67.5 Å². The molecule has 0 aromatic heterocycles. The van der Waals surface area contributed by atoms with E-state index in [1.165, 1.54) is 11.1 Å². The van der Waals surface area contributed by atoms with E-state index in [0.717, 1.165) is 44.1 Å². The van der Waals surface area contributed by atoms with Crippen LogP contribution < -0.4 is 4.74 Å². The molecule has 0 amide bonds. The zero-order valence-electron chi connectivity index (χ0n) is 18.6. The summed E-state index contributed by atoms with van der Waals surface area (Å²) >= 11 is 0. The Morgan fingerprint density at radius 3 is 2.62 bits per heavy atom. The molecule has 2 aromatic carbocycles. The zero-order chi connectivity index (χ0) is 22.5. The standard InChI is InChI=1S/C27H28B2O3/c1-27-14-13-20-19-10-8-18(15-17(19)7-9-21(20)22(27)11-12-23(27)30)32-26(31)25(29)24(28)16-5-3-2-4-6-16/h2-6,8,10,15,20-22,24-25H,7,9,11-14H2,1H3/t20-,21-,22+,24?,25?,27+/m1/s1. The molecule has 0 aliphatic heterocycles. The minimum atomic E-state index is -0.936. The Morgan fingerprint density at radius 1 is 1.06 bits per heavy atom. The van der Waals surface area contributed by atoms with Gasteiger partial charge in [-0.3, -0.25) is 9.59 Å². The molecular formula is C27H28B2O3. The molecule has 5 rings (SSSR count). The molecule has 0 saturated heterocycles. The van der Waals surface area contributed by atoms with Gasteiger partial charge in [0.05, 0.1) is 15.7 Å². The first-order valence-electron chi connectivity index (χ1n) is 11.8. The van der Waals surface area contributed by atoms with Crippen molar-refractivity contribution in [3.8, 4) is 5.75 Å². The maximum absolute atomic E-state index is 12.7. The molecule has 0 N–H and O–H groups in total. The maximum atomic E-state index is 12.7. The summed E-state index contributed by atoms with van der Waals surface area (Å²) in [5.41, 5.74) is 3.32. The number of esters is 1. The van der Waals surface area contributed by atoms with Crippen LogP contribution in [0, 0.1) is 17.3 Å². The number of hydrogen-bond donors (Lipinski definition) is 0. The van der Waals surface area contributed by atoms with Gasteiger partial charge in [-0.1, -0.05) is 48.9 Å². The number of aryl methyl sites for hydroxylation is 1. The van der Waals surface area contributed by atoms with Gasteiger partial charge in [0.15, 0.2) is 0 Å². The van der Waals surface area contributed by atoms with Gasteiger partial charge in [0.2, 0.25) is 0 Å².